The molecule has 2 aromatic carbocycles. The third-order valence-corrected chi connectivity index (χ3v) is 4.51. The number of aromatic hydroxyl groups is 1. The molecule has 2 aromatic rings. The van der Waals surface area contributed by atoms with Crippen LogP contribution in [0, 0.1) is 0 Å². The summed E-state index contributed by atoms with van der Waals surface area (Å²) in [5.41, 5.74) is 6.54. The Balaban J connectivity index is 2.40. The quantitative estimate of drug-likeness (QED) is 0.841. The van der Waals surface area contributed by atoms with Gasteiger partial charge in [-0.25, -0.2) is 8.42 Å². The number of anilines is 1. The van der Waals surface area contributed by atoms with Crippen LogP contribution >= 0.6 is 0 Å². The minimum absolute atomic E-state index is 0.0296. The molecular weight excluding hydrogens is 278 g/mol. The van der Waals surface area contributed by atoms with Crippen molar-refractivity contribution < 1.29 is 18.3 Å². The fourth-order valence-electron chi connectivity index (χ4n) is 1.88. The van der Waals surface area contributed by atoms with E-state index < -0.39 is 9.84 Å². The van der Waals surface area contributed by atoms with Gasteiger partial charge in [0.25, 0.3) is 0 Å². The molecule has 0 aliphatic heterocycles. The predicted octanol–water partition coefficient (Wildman–Crippen LogP) is 1.96. The predicted molar refractivity (Wildman–Crippen MR) is 76.4 cm³/mol. The summed E-state index contributed by atoms with van der Waals surface area (Å²) in [7, 11) is -2.19. The molecule has 0 saturated carbocycles. The summed E-state index contributed by atoms with van der Waals surface area (Å²) >= 11 is 0. The van der Waals surface area contributed by atoms with Crippen molar-refractivity contribution in [3.8, 4) is 11.5 Å². The third-order valence-electron chi connectivity index (χ3n) is 2.79. The first-order valence-corrected chi connectivity index (χ1v) is 7.52. The Morgan fingerprint density at radius 3 is 2.60 bits per heavy atom. The molecule has 0 fully saturated rings. The summed E-state index contributed by atoms with van der Waals surface area (Å²) in [5.74, 6) is 0.0222. The van der Waals surface area contributed by atoms with Crippen LogP contribution in [0.25, 0.3) is 0 Å². The topological polar surface area (TPSA) is 89.6 Å². The van der Waals surface area contributed by atoms with E-state index in [1.807, 2.05) is 0 Å². The zero-order valence-electron chi connectivity index (χ0n) is 10.9. The molecule has 2 rings (SSSR count). The van der Waals surface area contributed by atoms with Crippen LogP contribution in [0.1, 0.15) is 5.56 Å². The molecule has 5 nitrogen and oxygen atoms in total. The molecule has 6 heteroatoms. The Morgan fingerprint density at radius 1 is 1.20 bits per heavy atom. The first kappa shape index (κ1) is 14.2. The lowest BCUT2D eigenvalue weighted by Gasteiger charge is -2.10. The van der Waals surface area contributed by atoms with Crippen molar-refractivity contribution in [2.45, 2.75) is 10.6 Å². The number of nitrogen functional groups attached to an aromatic ring is 1. The van der Waals surface area contributed by atoms with E-state index in [0.717, 1.165) is 0 Å². The van der Waals surface area contributed by atoms with Gasteiger partial charge < -0.3 is 15.6 Å². The largest absolute Gasteiger partial charge is 0.508 e. The first-order chi connectivity index (χ1) is 9.42. The maximum Gasteiger partial charge on any atom is 0.186 e. The van der Waals surface area contributed by atoms with Crippen molar-refractivity contribution in [2.24, 2.45) is 0 Å². The molecule has 0 bridgehead atoms. The Morgan fingerprint density at radius 2 is 1.95 bits per heavy atom. The normalized spacial score (nSPS) is 11.2. The SMILES string of the molecule is COc1cc(N)ccc1S(=O)(=O)Cc1cccc(O)c1. The van der Waals surface area contributed by atoms with E-state index >= 15 is 0 Å². The standard InChI is InChI=1S/C14H15NO4S/c1-19-13-8-11(15)5-6-14(13)20(17,18)9-10-3-2-4-12(16)7-10/h2-8,16H,9,15H2,1H3. The van der Waals surface area contributed by atoms with E-state index in [1.165, 1.54) is 37.4 Å². The smallest absolute Gasteiger partial charge is 0.186 e. The summed E-state index contributed by atoms with van der Waals surface area (Å²) in [4.78, 5) is 0.0811. The molecule has 3 N–H and O–H groups in total. The van der Waals surface area contributed by atoms with Crippen LogP contribution in [-0.2, 0) is 15.6 Å². The van der Waals surface area contributed by atoms with E-state index in [1.54, 1.807) is 12.1 Å². The molecule has 0 aliphatic carbocycles. The summed E-state index contributed by atoms with van der Waals surface area (Å²) < 4.78 is 29.9. The maximum atomic E-state index is 12.4. The Kier molecular flexibility index (Phi) is 3.85. The van der Waals surface area contributed by atoms with Gasteiger partial charge in [0, 0.05) is 11.8 Å². The Bertz CT molecular complexity index is 726. The van der Waals surface area contributed by atoms with E-state index in [9.17, 15) is 13.5 Å². The minimum atomic E-state index is -3.58. The molecule has 0 aliphatic rings. The summed E-state index contributed by atoms with van der Waals surface area (Å²) in [5, 5.41) is 9.38. The number of hydrogen-bond donors (Lipinski definition) is 2. The fraction of sp³-hybridized carbons (Fsp3) is 0.143. The molecule has 0 heterocycles. The molecule has 0 saturated heterocycles. The molecule has 0 aromatic heterocycles. The summed E-state index contributed by atoms with van der Waals surface area (Å²) in [6.07, 6.45) is 0. The maximum absolute atomic E-state index is 12.4. The molecule has 0 unspecified atom stereocenters. The zero-order chi connectivity index (χ0) is 14.8. The first-order valence-electron chi connectivity index (χ1n) is 5.86. The lowest BCUT2D eigenvalue weighted by Crippen LogP contribution is -2.07. The van der Waals surface area contributed by atoms with Crippen LogP contribution in [0.2, 0.25) is 0 Å². The van der Waals surface area contributed by atoms with Crippen LogP contribution in [0.15, 0.2) is 47.4 Å². The van der Waals surface area contributed by atoms with Gasteiger partial charge in [0.15, 0.2) is 9.84 Å². The van der Waals surface area contributed by atoms with E-state index in [4.69, 9.17) is 10.5 Å². The lowest BCUT2D eigenvalue weighted by molar-refractivity contribution is 0.403. The number of hydrogen-bond acceptors (Lipinski definition) is 5. The fourth-order valence-corrected chi connectivity index (χ4v) is 3.38. The molecule has 0 amide bonds. The molecule has 106 valence electrons. The zero-order valence-corrected chi connectivity index (χ0v) is 11.7. The highest BCUT2D eigenvalue weighted by Crippen LogP contribution is 2.29. The van der Waals surface area contributed by atoms with Gasteiger partial charge in [0.2, 0.25) is 0 Å². The minimum Gasteiger partial charge on any atom is -0.508 e. The van der Waals surface area contributed by atoms with Gasteiger partial charge in [-0.1, -0.05) is 12.1 Å². The summed E-state index contributed by atoms with van der Waals surface area (Å²) in [6, 6.07) is 10.5. The number of methoxy groups -OCH3 is 1. The summed E-state index contributed by atoms with van der Waals surface area (Å²) in [6.45, 7) is 0. The van der Waals surface area contributed by atoms with Crippen LogP contribution < -0.4 is 10.5 Å². The second-order valence-corrected chi connectivity index (χ2v) is 6.30. The number of sulfone groups is 1. The van der Waals surface area contributed by atoms with Gasteiger partial charge in [0.05, 0.1) is 12.9 Å². The second kappa shape index (κ2) is 5.42. The van der Waals surface area contributed by atoms with Crippen LogP contribution in [0.3, 0.4) is 0 Å². The van der Waals surface area contributed by atoms with Gasteiger partial charge in [0.1, 0.15) is 16.4 Å². The number of nitrogens with two attached hydrogens (primary N) is 1. The van der Waals surface area contributed by atoms with E-state index in [-0.39, 0.29) is 22.1 Å². The van der Waals surface area contributed by atoms with E-state index in [0.29, 0.717) is 11.3 Å². The monoisotopic (exact) mass is 293 g/mol. The van der Waals surface area contributed by atoms with Crippen molar-refractivity contribution in [1.82, 2.24) is 0 Å². The van der Waals surface area contributed by atoms with Gasteiger partial charge in [-0.2, -0.15) is 0 Å². The van der Waals surface area contributed by atoms with Crippen molar-refractivity contribution in [1.29, 1.82) is 0 Å². The average molecular weight is 293 g/mol. The Labute approximate surface area is 117 Å². The lowest BCUT2D eigenvalue weighted by atomic mass is 10.2. The van der Waals surface area contributed by atoms with Crippen molar-refractivity contribution >= 4 is 15.5 Å². The van der Waals surface area contributed by atoms with Crippen LogP contribution in [0.5, 0.6) is 11.5 Å². The number of phenolic OH excluding ortho intramolecular Hbond substituents is 1. The number of phenols is 1. The highest BCUT2D eigenvalue weighted by Gasteiger charge is 2.20. The van der Waals surface area contributed by atoms with Crippen molar-refractivity contribution in [3.05, 3.63) is 48.0 Å². The van der Waals surface area contributed by atoms with Crippen molar-refractivity contribution in [2.75, 3.05) is 12.8 Å². The molecule has 20 heavy (non-hydrogen) atoms. The van der Waals surface area contributed by atoms with Crippen LogP contribution in [-0.4, -0.2) is 20.6 Å². The highest BCUT2D eigenvalue weighted by atomic mass is 32.2. The Hall–Kier alpha value is -2.21. The number of ether oxygens (including phenoxy) is 1. The molecule has 0 radical (unpaired) electrons. The van der Waals surface area contributed by atoms with Gasteiger partial charge in [-0.05, 0) is 29.8 Å². The second-order valence-electron chi connectivity index (χ2n) is 4.34. The highest BCUT2D eigenvalue weighted by molar-refractivity contribution is 7.90. The van der Waals surface area contributed by atoms with Crippen molar-refractivity contribution in [3.63, 3.8) is 0 Å². The number of rotatable bonds is 4. The van der Waals surface area contributed by atoms with Gasteiger partial charge >= 0.3 is 0 Å². The van der Waals surface area contributed by atoms with E-state index in [2.05, 4.69) is 0 Å². The molecular formula is C14H15NO4S. The third kappa shape index (κ3) is 3.03. The van der Waals surface area contributed by atoms with Gasteiger partial charge in [-0.3, -0.25) is 0 Å². The molecule has 0 atom stereocenters. The molecule has 0 spiro atoms. The van der Waals surface area contributed by atoms with Crippen LogP contribution in [0.4, 0.5) is 5.69 Å². The van der Waals surface area contributed by atoms with Gasteiger partial charge in [-0.15, -0.1) is 0 Å². The number of benzene rings is 2. The average Bonchev–Trinajstić information content (AvgIpc) is 2.37.